The van der Waals surface area contributed by atoms with Gasteiger partial charge in [-0.1, -0.05) is 22.6 Å². The Hall–Kier alpha value is -0.440. The summed E-state index contributed by atoms with van der Waals surface area (Å²) in [4.78, 5) is 10.4. The molecule has 11 heavy (non-hydrogen) atoms. The van der Waals surface area contributed by atoms with Gasteiger partial charge in [0.05, 0.1) is 6.04 Å². The van der Waals surface area contributed by atoms with E-state index < -0.39 is 6.03 Å². The molecule has 0 aromatic heterocycles. The molecule has 0 fully saturated rings. The van der Waals surface area contributed by atoms with Crippen molar-refractivity contribution in [3.05, 3.63) is 0 Å². The molecular weight excluding hydrogens is 255 g/mol. The molecule has 0 aliphatic rings. The number of carbonyl (C=O) groups is 1. The number of primary amides is 1. The van der Waals surface area contributed by atoms with Crippen LogP contribution < -0.4 is 11.1 Å². The molecule has 3 nitrogen and oxygen atoms in total. The number of nitrogens with two attached hydrogens (primary N) is 1. The van der Waals surface area contributed by atoms with Crippen LogP contribution in [0.4, 0.5) is 4.79 Å². The van der Waals surface area contributed by atoms with Gasteiger partial charge in [-0.25, -0.2) is 4.79 Å². The molecule has 0 aromatic rings. The largest absolute Gasteiger partial charge is 0.352 e. The monoisotopic (exact) mass is 266 g/mol. The standard InChI is InChI=1S/C7H11IN2O/c1-2-3-4-6(5-8)10-7(9)11/h6H,4-5H2,1H3,(H3,9,10,11). The van der Waals surface area contributed by atoms with Gasteiger partial charge >= 0.3 is 6.03 Å². The number of hydrogen-bond acceptors (Lipinski definition) is 1. The molecule has 62 valence electrons. The third-order valence-electron chi connectivity index (χ3n) is 1.06. The highest BCUT2D eigenvalue weighted by Crippen LogP contribution is 1.95. The first kappa shape index (κ1) is 10.6. The number of urea groups is 1. The predicted octanol–water partition coefficient (Wildman–Crippen LogP) is 0.872. The lowest BCUT2D eigenvalue weighted by atomic mass is 10.2. The predicted molar refractivity (Wildman–Crippen MR) is 53.5 cm³/mol. The summed E-state index contributed by atoms with van der Waals surface area (Å²) in [6.07, 6.45) is 0.669. The number of rotatable bonds is 3. The lowest BCUT2D eigenvalue weighted by Crippen LogP contribution is -2.39. The molecule has 1 atom stereocenters. The number of alkyl halides is 1. The second-order valence-corrected chi connectivity index (χ2v) is 2.87. The Morgan fingerprint density at radius 1 is 1.82 bits per heavy atom. The molecule has 0 spiro atoms. The van der Waals surface area contributed by atoms with E-state index in [1.807, 2.05) is 0 Å². The molecule has 2 amide bonds. The van der Waals surface area contributed by atoms with Gasteiger partial charge in [0, 0.05) is 10.8 Å². The van der Waals surface area contributed by atoms with E-state index in [0.29, 0.717) is 6.42 Å². The van der Waals surface area contributed by atoms with E-state index in [9.17, 15) is 4.79 Å². The zero-order valence-electron chi connectivity index (χ0n) is 6.36. The molecular formula is C7H11IN2O. The van der Waals surface area contributed by atoms with E-state index in [2.05, 4.69) is 39.7 Å². The normalized spacial score (nSPS) is 11.1. The molecule has 0 aliphatic heterocycles. The lowest BCUT2D eigenvalue weighted by Gasteiger charge is -2.10. The van der Waals surface area contributed by atoms with Gasteiger partial charge in [-0.2, -0.15) is 0 Å². The van der Waals surface area contributed by atoms with E-state index in [4.69, 9.17) is 5.73 Å². The summed E-state index contributed by atoms with van der Waals surface area (Å²) in [6, 6.07) is -0.398. The molecule has 0 saturated carbocycles. The van der Waals surface area contributed by atoms with Crippen molar-refractivity contribution in [1.29, 1.82) is 0 Å². The number of amides is 2. The minimum atomic E-state index is -0.482. The Kier molecular flexibility index (Phi) is 6.03. The summed E-state index contributed by atoms with van der Waals surface area (Å²) in [5, 5.41) is 2.59. The quantitative estimate of drug-likeness (QED) is 0.444. The molecule has 0 rings (SSSR count). The summed E-state index contributed by atoms with van der Waals surface area (Å²) in [7, 11) is 0. The Morgan fingerprint density at radius 3 is 2.82 bits per heavy atom. The maximum absolute atomic E-state index is 10.4. The number of hydrogen-bond donors (Lipinski definition) is 2. The van der Waals surface area contributed by atoms with Crippen molar-refractivity contribution < 1.29 is 4.79 Å². The number of carbonyl (C=O) groups excluding carboxylic acids is 1. The Labute approximate surface area is 80.2 Å². The highest BCUT2D eigenvalue weighted by atomic mass is 127. The lowest BCUT2D eigenvalue weighted by molar-refractivity contribution is 0.246. The van der Waals surface area contributed by atoms with Gasteiger partial charge < -0.3 is 11.1 Å². The van der Waals surface area contributed by atoms with Crippen LogP contribution in [0.15, 0.2) is 0 Å². The number of nitrogens with one attached hydrogen (secondary N) is 1. The van der Waals surface area contributed by atoms with Gasteiger partial charge in [-0.3, -0.25) is 0 Å². The van der Waals surface area contributed by atoms with E-state index in [-0.39, 0.29) is 6.04 Å². The van der Waals surface area contributed by atoms with Crippen LogP contribution in [0.3, 0.4) is 0 Å². The molecule has 0 heterocycles. The summed E-state index contributed by atoms with van der Waals surface area (Å²) >= 11 is 2.18. The molecule has 1 unspecified atom stereocenters. The van der Waals surface area contributed by atoms with Crippen molar-refractivity contribution in [3.8, 4) is 11.8 Å². The topological polar surface area (TPSA) is 55.1 Å². The molecule has 0 bridgehead atoms. The fourth-order valence-electron chi connectivity index (χ4n) is 0.571. The van der Waals surface area contributed by atoms with Crippen molar-refractivity contribution in [3.63, 3.8) is 0 Å². The van der Waals surface area contributed by atoms with Crippen LogP contribution in [0, 0.1) is 11.8 Å². The van der Waals surface area contributed by atoms with Crippen LogP contribution in [0.2, 0.25) is 0 Å². The van der Waals surface area contributed by atoms with Crippen molar-refractivity contribution >= 4 is 28.6 Å². The van der Waals surface area contributed by atoms with Crippen LogP contribution in [0.1, 0.15) is 13.3 Å². The molecule has 0 aliphatic carbocycles. The Bertz CT molecular complexity index is 183. The Morgan fingerprint density at radius 2 is 2.45 bits per heavy atom. The first-order chi connectivity index (χ1) is 5.20. The van der Waals surface area contributed by atoms with Gasteiger partial charge in [-0.15, -0.1) is 11.8 Å². The summed E-state index contributed by atoms with van der Waals surface area (Å²) in [5.74, 6) is 5.64. The SMILES string of the molecule is CC#CCC(CI)NC(N)=O. The van der Waals surface area contributed by atoms with Gasteiger partial charge in [0.15, 0.2) is 0 Å². The maximum Gasteiger partial charge on any atom is 0.312 e. The van der Waals surface area contributed by atoms with Gasteiger partial charge in [-0.05, 0) is 6.92 Å². The summed E-state index contributed by atoms with van der Waals surface area (Å²) in [6.45, 7) is 1.77. The van der Waals surface area contributed by atoms with Crippen molar-refractivity contribution in [2.75, 3.05) is 4.43 Å². The van der Waals surface area contributed by atoms with Crippen molar-refractivity contribution in [2.24, 2.45) is 5.73 Å². The highest BCUT2D eigenvalue weighted by Gasteiger charge is 2.05. The smallest absolute Gasteiger partial charge is 0.312 e. The number of halogens is 1. The van der Waals surface area contributed by atoms with Gasteiger partial charge in [0.25, 0.3) is 0 Å². The van der Waals surface area contributed by atoms with E-state index in [0.717, 1.165) is 4.43 Å². The fraction of sp³-hybridized carbons (Fsp3) is 0.571. The van der Waals surface area contributed by atoms with E-state index in [1.54, 1.807) is 6.92 Å². The molecule has 3 N–H and O–H groups in total. The zero-order chi connectivity index (χ0) is 8.69. The third-order valence-corrected chi connectivity index (χ3v) is 2.12. The van der Waals surface area contributed by atoms with Gasteiger partial charge in [0.1, 0.15) is 0 Å². The zero-order valence-corrected chi connectivity index (χ0v) is 8.51. The molecule has 0 saturated heterocycles. The van der Waals surface area contributed by atoms with Crippen LogP contribution in [-0.4, -0.2) is 16.5 Å². The highest BCUT2D eigenvalue weighted by molar-refractivity contribution is 14.1. The van der Waals surface area contributed by atoms with Crippen LogP contribution >= 0.6 is 22.6 Å². The third kappa shape index (κ3) is 5.98. The first-order valence-corrected chi connectivity index (χ1v) is 4.74. The van der Waals surface area contributed by atoms with Crippen molar-refractivity contribution in [1.82, 2.24) is 5.32 Å². The molecule has 0 radical (unpaired) electrons. The van der Waals surface area contributed by atoms with Crippen LogP contribution in [-0.2, 0) is 0 Å². The minimum Gasteiger partial charge on any atom is -0.352 e. The van der Waals surface area contributed by atoms with Gasteiger partial charge in [0.2, 0.25) is 0 Å². The second-order valence-electron chi connectivity index (χ2n) is 1.99. The van der Waals surface area contributed by atoms with Crippen LogP contribution in [0.25, 0.3) is 0 Å². The Balaban J connectivity index is 3.72. The first-order valence-electron chi connectivity index (χ1n) is 3.22. The molecule has 0 aromatic carbocycles. The van der Waals surface area contributed by atoms with E-state index in [1.165, 1.54) is 0 Å². The molecule has 4 heteroatoms. The van der Waals surface area contributed by atoms with Crippen LogP contribution in [0.5, 0.6) is 0 Å². The van der Waals surface area contributed by atoms with Crippen molar-refractivity contribution in [2.45, 2.75) is 19.4 Å². The van der Waals surface area contributed by atoms with E-state index >= 15 is 0 Å². The minimum absolute atomic E-state index is 0.0838. The summed E-state index contributed by atoms with van der Waals surface area (Å²) in [5.41, 5.74) is 4.94. The fourth-order valence-corrected chi connectivity index (χ4v) is 1.10. The maximum atomic E-state index is 10.4. The summed E-state index contributed by atoms with van der Waals surface area (Å²) < 4.78 is 0.829. The second kappa shape index (κ2) is 6.28. The average molecular weight is 266 g/mol. The average Bonchev–Trinajstić information content (AvgIpc) is 1.97.